The SMILES string of the molecule is CC(=O)NCc1ccc(-c2ccc(C(=O)NC[C@@H]3Cc4ccccc4O3)c(C)n2)cc1. The van der Waals surface area contributed by atoms with Crippen molar-refractivity contribution in [2.45, 2.75) is 32.9 Å². The van der Waals surface area contributed by atoms with E-state index in [0.717, 1.165) is 29.0 Å². The number of hydrogen-bond acceptors (Lipinski definition) is 4. The molecule has 0 unspecified atom stereocenters. The number of aromatic nitrogens is 1. The monoisotopic (exact) mass is 415 g/mol. The number of pyridine rings is 1. The van der Waals surface area contributed by atoms with Crippen LogP contribution in [0.2, 0.25) is 0 Å². The van der Waals surface area contributed by atoms with E-state index in [9.17, 15) is 9.59 Å². The predicted molar refractivity (Wildman–Crippen MR) is 119 cm³/mol. The molecule has 2 heterocycles. The quantitative estimate of drug-likeness (QED) is 0.646. The van der Waals surface area contributed by atoms with E-state index >= 15 is 0 Å². The number of nitrogens with zero attached hydrogens (tertiary/aromatic N) is 1. The third kappa shape index (κ3) is 4.91. The zero-order valence-electron chi connectivity index (χ0n) is 17.6. The molecule has 6 nitrogen and oxygen atoms in total. The minimum atomic E-state index is -0.151. The normalized spacial score (nSPS) is 14.5. The van der Waals surface area contributed by atoms with Gasteiger partial charge in [0, 0.05) is 25.5 Å². The lowest BCUT2D eigenvalue weighted by Crippen LogP contribution is -2.34. The Kier molecular flexibility index (Phi) is 5.98. The average molecular weight is 415 g/mol. The molecule has 1 atom stereocenters. The fraction of sp³-hybridized carbons (Fsp3) is 0.240. The van der Waals surface area contributed by atoms with Crippen LogP contribution in [0.15, 0.2) is 60.7 Å². The average Bonchev–Trinajstić information content (AvgIpc) is 3.19. The van der Waals surface area contributed by atoms with Crippen LogP contribution in [0.25, 0.3) is 11.3 Å². The second kappa shape index (κ2) is 9.00. The van der Waals surface area contributed by atoms with E-state index in [1.165, 1.54) is 12.5 Å². The van der Waals surface area contributed by atoms with Gasteiger partial charge in [0.05, 0.1) is 23.5 Å². The Morgan fingerprint density at radius 3 is 2.52 bits per heavy atom. The Hall–Kier alpha value is -3.67. The van der Waals surface area contributed by atoms with Gasteiger partial charge in [0.2, 0.25) is 5.91 Å². The minimum absolute atomic E-state index is 0.0510. The number of aryl methyl sites for hydroxylation is 1. The predicted octanol–water partition coefficient (Wildman–Crippen LogP) is 3.43. The van der Waals surface area contributed by atoms with E-state index in [1.54, 1.807) is 0 Å². The van der Waals surface area contributed by atoms with Crippen LogP contribution < -0.4 is 15.4 Å². The van der Waals surface area contributed by atoms with Crippen LogP contribution in [0.1, 0.15) is 34.1 Å². The van der Waals surface area contributed by atoms with Gasteiger partial charge >= 0.3 is 0 Å². The summed E-state index contributed by atoms with van der Waals surface area (Å²) in [7, 11) is 0. The summed E-state index contributed by atoms with van der Waals surface area (Å²) in [6.07, 6.45) is 0.745. The Labute approximate surface area is 181 Å². The lowest BCUT2D eigenvalue weighted by Gasteiger charge is -2.13. The molecule has 0 aliphatic carbocycles. The number of benzene rings is 2. The molecular formula is C25H25N3O3. The number of hydrogen-bond donors (Lipinski definition) is 2. The van der Waals surface area contributed by atoms with Gasteiger partial charge in [-0.2, -0.15) is 0 Å². The number of carbonyl (C=O) groups is 2. The lowest BCUT2D eigenvalue weighted by molar-refractivity contribution is -0.119. The van der Waals surface area contributed by atoms with Crippen molar-refractivity contribution in [2.75, 3.05) is 6.54 Å². The van der Waals surface area contributed by atoms with E-state index in [1.807, 2.05) is 61.5 Å². The molecule has 2 N–H and O–H groups in total. The highest BCUT2D eigenvalue weighted by atomic mass is 16.5. The Bertz CT molecular complexity index is 1080. The second-order valence-electron chi connectivity index (χ2n) is 7.70. The molecule has 0 saturated carbocycles. The van der Waals surface area contributed by atoms with Crippen molar-refractivity contribution in [3.8, 4) is 17.0 Å². The molecule has 1 aromatic heterocycles. The first-order valence-corrected chi connectivity index (χ1v) is 10.3. The highest BCUT2D eigenvalue weighted by Gasteiger charge is 2.23. The molecular weight excluding hydrogens is 390 g/mol. The topological polar surface area (TPSA) is 80.3 Å². The number of para-hydroxylation sites is 1. The summed E-state index contributed by atoms with van der Waals surface area (Å²) in [6, 6.07) is 19.5. The lowest BCUT2D eigenvalue weighted by atomic mass is 10.1. The van der Waals surface area contributed by atoms with Gasteiger partial charge in [-0.15, -0.1) is 0 Å². The summed E-state index contributed by atoms with van der Waals surface area (Å²) in [6.45, 7) is 4.28. The summed E-state index contributed by atoms with van der Waals surface area (Å²) < 4.78 is 5.89. The van der Waals surface area contributed by atoms with Crippen LogP contribution in [0, 0.1) is 6.92 Å². The van der Waals surface area contributed by atoms with Crippen molar-refractivity contribution in [3.63, 3.8) is 0 Å². The summed E-state index contributed by atoms with van der Waals surface area (Å²) >= 11 is 0. The molecule has 0 bridgehead atoms. The van der Waals surface area contributed by atoms with Crippen molar-refractivity contribution in [1.82, 2.24) is 15.6 Å². The molecule has 0 radical (unpaired) electrons. The zero-order chi connectivity index (χ0) is 21.8. The number of nitrogens with one attached hydrogen (secondary N) is 2. The molecule has 1 aliphatic heterocycles. The van der Waals surface area contributed by atoms with Gasteiger partial charge < -0.3 is 15.4 Å². The second-order valence-corrected chi connectivity index (χ2v) is 7.70. The first-order chi connectivity index (χ1) is 15.0. The number of fused-ring (bicyclic) bond motifs is 1. The highest BCUT2D eigenvalue weighted by molar-refractivity contribution is 5.95. The Balaban J connectivity index is 1.37. The summed E-state index contributed by atoms with van der Waals surface area (Å²) in [5, 5.41) is 5.75. The van der Waals surface area contributed by atoms with Crippen LogP contribution in [0.3, 0.4) is 0 Å². The molecule has 158 valence electrons. The standard InChI is InChI=1S/C25H25N3O3/c1-16-22(25(30)27-15-21-13-20-5-3-4-6-24(20)31-21)11-12-23(28-16)19-9-7-18(8-10-19)14-26-17(2)29/h3-12,21H,13-15H2,1-2H3,(H,26,29)(H,27,30)/t21-/m0/s1. The van der Waals surface area contributed by atoms with Gasteiger partial charge in [-0.3, -0.25) is 14.6 Å². The van der Waals surface area contributed by atoms with Crippen LogP contribution >= 0.6 is 0 Å². The highest BCUT2D eigenvalue weighted by Crippen LogP contribution is 2.27. The molecule has 1 aliphatic rings. The van der Waals surface area contributed by atoms with Crippen LogP contribution in [0.5, 0.6) is 5.75 Å². The minimum Gasteiger partial charge on any atom is -0.488 e. The van der Waals surface area contributed by atoms with E-state index in [-0.39, 0.29) is 17.9 Å². The molecule has 2 amide bonds. The van der Waals surface area contributed by atoms with Gasteiger partial charge in [0.25, 0.3) is 5.91 Å². The third-order valence-electron chi connectivity index (χ3n) is 5.33. The van der Waals surface area contributed by atoms with Gasteiger partial charge in [-0.25, -0.2) is 0 Å². The van der Waals surface area contributed by atoms with E-state index in [4.69, 9.17) is 4.74 Å². The summed E-state index contributed by atoms with van der Waals surface area (Å²) in [4.78, 5) is 28.3. The zero-order valence-corrected chi connectivity index (χ0v) is 17.6. The van der Waals surface area contributed by atoms with Gasteiger partial charge in [-0.1, -0.05) is 42.5 Å². The van der Waals surface area contributed by atoms with Crippen molar-refractivity contribution in [3.05, 3.63) is 83.0 Å². The molecule has 0 fully saturated rings. The van der Waals surface area contributed by atoms with E-state index in [0.29, 0.717) is 24.3 Å². The molecule has 2 aromatic carbocycles. The first kappa shape index (κ1) is 20.6. The third-order valence-corrected chi connectivity index (χ3v) is 5.33. The van der Waals surface area contributed by atoms with Crippen LogP contribution in [0.4, 0.5) is 0 Å². The molecule has 0 saturated heterocycles. The van der Waals surface area contributed by atoms with E-state index in [2.05, 4.69) is 21.7 Å². The molecule has 0 spiro atoms. The van der Waals surface area contributed by atoms with Crippen LogP contribution in [-0.2, 0) is 17.8 Å². The molecule has 6 heteroatoms. The molecule has 4 rings (SSSR count). The largest absolute Gasteiger partial charge is 0.488 e. The van der Waals surface area contributed by atoms with E-state index < -0.39 is 0 Å². The Morgan fingerprint density at radius 2 is 1.81 bits per heavy atom. The smallest absolute Gasteiger partial charge is 0.253 e. The van der Waals surface area contributed by atoms with Crippen molar-refractivity contribution >= 4 is 11.8 Å². The maximum atomic E-state index is 12.7. The fourth-order valence-electron chi connectivity index (χ4n) is 3.65. The molecule has 3 aromatic rings. The number of amides is 2. The molecule has 31 heavy (non-hydrogen) atoms. The Morgan fingerprint density at radius 1 is 1.03 bits per heavy atom. The first-order valence-electron chi connectivity index (χ1n) is 10.3. The van der Waals surface area contributed by atoms with Gasteiger partial charge in [-0.05, 0) is 36.2 Å². The maximum Gasteiger partial charge on any atom is 0.253 e. The van der Waals surface area contributed by atoms with Gasteiger partial charge in [0.1, 0.15) is 11.9 Å². The van der Waals surface area contributed by atoms with Crippen LogP contribution in [-0.4, -0.2) is 29.4 Å². The van der Waals surface area contributed by atoms with Crippen molar-refractivity contribution in [2.24, 2.45) is 0 Å². The number of rotatable bonds is 6. The van der Waals surface area contributed by atoms with Gasteiger partial charge in [0.15, 0.2) is 0 Å². The summed E-state index contributed by atoms with van der Waals surface area (Å²) in [5.74, 6) is 0.688. The van der Waals surface area contributed by atoms with Crippen molar-refractivity contribution in [1.29, 1.82) is 0 Å². The van der Waals surface area contributed by atoms with Crippen molar-refractivity contribution < 1.29 is 14.3 Å². The number of carbonyl (C=O) groups excluding carboxylic acids is 2. The fourth-order valence-corrected chi connectivity index (χ4v) is 3.65. The maximum absolute atomic E-state index is 12.7. The number of ether oxygens (including phenoxy) is 1. The summed E-state index contributed by atoms with van der Waals surface area (Å²) in [5.41, 5.74) is 5.18.